The van der Waals surface area contributed by atoms with Crippen molar-refractivity contribution in [3.8, 4) is 0 Å². The highest BCUT2D eigenvalue weighted by Gasteiger charge is 2.30. The van der Waals surface area contributed by atoms with E-state index in [1.807, 2.05) is 0 Å². The Labute approximate surface area is 594 Å². The second-order valence-corrected chi connectivity index (χ2v) is 32.2. The van der Waals surface area contributed by atoms with Crippen LogP contribution in [0.5, 0.6) is 0 Å². The Balaban J connectivity index is 5.18. The molecule has 0 aliphatic carbocycles. The van der Waals surface area contributed by atoms with E-state index in [1.165, 1.54) is 193 Å². The van der Waals surface area contributed by atoms with Gasteiger partial charge in [0.25, 0.3) is 0 Å². The lowest BCUT2D eigenvalue weighted by molar-refractivity contribution is -0.161. The Bertz CT molecular complexity index is 1910. The van der Waals surface area contributed by atoms with E-state index in [-0.39, 0.29) is 25.7 Å². The predicted octanol–water partition coefficient (Wildman–Crippen LogP) is 22.8. The van der Waals surface area contributed by atoms with Gasteiger partial charge in [-0.25, -0.2) is 9.13 Å². The number of carbonyl (C=O) groups is 4. The second kappa shape index (κ2) is 67.2. The van der Waals surface area contributed by atoms with Crippen LogP contribution in [0.4, 0.5) is 0 Å². The van der Waals surface area contributed by atoms with Gasteiger partial charge in [-0.05, 0) is 49.4 Å². The summed E-state index contributed by atoms with van der Waals surface area (Å²) in [4.78, 5) is 72.8. The normalized spacial score (nSPS) is 14.9. The molecule has 0 rings (SSSR count). The number of esters is 4. The third kappa shape index (κ3) is 68.3. The van der Waals surface area contributed by atoms with Gasteiger partial charge in [-0.1, -0.05) is 344 Å². The average molecular weight is 1420 g/mol. The highest BCUT2D eigenvalue weighted by Crippen LogP contribution is 2.45. The van der Waals surface area contributed by atoms with Crippen molar-refractivity contribution in [2.75, 3.05) is 39.6 Å². The van der Waals surface area contributed by atoms with Gasteiger partial charge in [0.1, 0.15) is 19.3 Å². The third-order valence-electron chi connectivity index (χ3n) is 19.2. The number of hydrogen-bond donors (Lipinski definition) is 3. The highest BCUT2D eigenvalue weighted by atomic mass is 31.2. The van der Waals surface area contributed by atoms with Crippen molar-refractivity contribution in [2.45, 2.75) is 414 Å². The van der Waals surface area contributed by atoms with Gasteiger partial charge in [0, 0.05) is 25.7 Å². The van der Waals surface area contributed by atoms with Gasteiger partial charge in [0.15, 0.2) is 12.2 Å². The van der Waals surface area contributed by atoms with Gasteiger partial charge < -0.3 is 33.8 Å². The van der Waals surface area contributed by atoms with E-state index in [1.54, 1.807) is 0 Å². The van der Waals surface area contributed by atoms with Crippen LogP contribution in [0, 0.1) is 23.7 Å². The van der Waals surface area contributed by atoms with Crippen molar-refractivity contribution >= 4 is 39.5 Å². The molecule has 0 aliphatic heterocycles. The fourth-order valence-corrected chi connectivity index (χ4v) is 13.4. The van der Waals surface area contributed by atoms with Crippen LogP contribution >= 0.6 is 15.6 Å². The van der Waals surface area contributed by atoms with E-state index >= 15 is 0 Å². The summed E-state index contributed by atoms with van der Waals surface area (Å²) < 4.78 is 68.5. The molecular formula is C78H152O17P2. The van der Waals surface area contributed by atoms with Crippen molar-refractivity contribution in [2.24, 2.45) is 23.7 Å². The lowest BCUT2D eigenvalue weighted by Gasteiger charge is -2.21. The van der Waals surface area contributed by atoms with E-state index in [0.717, 1.165) is 114 Å². The quantitative estimate of drug-likeness (QED) is 0.0222. The zero-order chi connectivity index (χ0) is 71.7. The van der Waals surface area contributed by atoms with Gasteiger partial charge in [-0.15, -0.1) is 0 Å². The molecule has 576 valence electrons. The highest BCUT2D eigenvalue weighted by molar-refractivity contribution is 7.47. The van der Waals surface area contributed by atoms with Gasteiger partial charge in [-0.3, -0.25) is 37.3 Å². The van der Waals surface area contributed by atoms with Crippen molar-refractivity contribution in [1.82, 2.24) is 0 Å². The predicted molar refractivity (Wildman–Crippen MR) is 395 cm³/mol. The Hall–Kier alpha value is -1.94. The summed E-state index contributed by atoms with van der Waals surface area (Å²) in [5, 5.41) is 10.6. The van der Waals surface area contributed by atoms with Gasteiger partial charge >= 0.3 is 39.5 Å². The summed E-state index contributed by atoms with van der Waals surface area (Å²) in [5.41, 5.74) is 0. The van der Waals surface area contributed by atoms with Crippen molar-refractivity contribution < 1.29 is 80.2 Å². The first-order valence-corrected chi connectivity index (χ1v) is 43.3. The van der Waals surface area contributed by atoms with Gasteiger partial charge in [0.2, 0.25) is 0 Å². The number of hydrogen-bond acceptors (Lipinski definition) is 15. The zero-order valence-corrected chi connectivity index (χ0v) is 65.5. The molecular weight excluding hydrogens is 1270 g/mol. The molecule has 0 bridgehead atoms. The van der Waals surface area contributed by atoms with Crippen LogP contribution in [0.25, 0.3) is 0 Å². The van der Waals surface area contributed by atoms with Crippen LogP contribution < -0.4 is 0 Å². The summed E-state index contributed by atoms with van der Waals surface area (Å²) in [6.07, 6.45) is 52.9. The molecule has 0 saturated heterocycles. The van der Waals surface area contributed by atoms with Crippen LogP contribution in [-0.2, 0) is 65.4 Å². The van der Waals surface area contributed by atoms with Gasteiger partial charge in [-0.2, -0.15) is 0 Å². The Morgan fingerprint density at radius 2 is 0.495 bits per heavy atom. The molecule has 0 aromatic heterocycles. The molecule has 19 heteroatoms. The van der Waals surface area contributed by atoms with Crippen LogP contribution in [0.15, 0.2) is 0 Å². The smallest absolute Gasteiger partial charge is 0.462 e. The Morgan fingerprint density at radius 3 is 0.732 bits per heavy atom. The number of phosphoric acid groups is 2. The monoisotopic (exact) mass is 1420 g/mol. The van der Waals surface area contributed by atoms with Gasteiger partial charge in [0.05, 0.1) is 26.4 Å². The first-order chi connectivity index (χ1) is 46.7. The summed E-state index contributed by atoms with van der Waals surface area (Å²) in [7, 11) is -9.91. The number of rotatable bonds is 75. The molecule has 0 radical (unpaired) electrons. The molecule has 97 heavy (non-hydrogen) atoms. The van der Waals surface area contributed by atoms with E-state index in [2.05, 4.69) is 55.4 Å². The van der Waals surface area contributed by atoms with E-state index in [9.17, 15) is 43.2 Å². The second-order valence-electron chi connectivity index (χ2n) is 29.3. The minimum absolute atomic E-state index is 0.104. The van der Waals surface area contributed by atoms with E-state index in [4.69, 9.17) is 37.0 Å². The van der Waals surface area contributed by atoms with Crippen molar-refractivity contribution in [1.29, 1.82) is 0 Å². The fourth-order valence-electron chi connectivity index (χ4n) is 11.8. The lowest BCUT2D eigenvalue weighted by Crippen LogP contribution is -2.30. The molecule has 0 fully saturated rings. The molecule has 17 nitrogen and oxygen atoms in total. The number of phosphoric ester groups is 2. The maximum Gasteiger partial charge on any atom is 0.472 e. The maximum atomic E-state index is 13.1. The lowest BCUT2D eigenvalue weighted by atomic mass is 9.99. The van der Waals surface area contributed by atoms with Crippen molar-refractivity contribution in [3.05, 3.63) is 0 Å². The van der Waals surface area contributed by atoms with Crippen LogP contribution in [0.3, 0.4) is 0 Å². The first-order valence-electron chi connectivity index (χ1n) is 40.3. The van der Waals surface area contributed by atoms with Crippen LogP contribution in [-0.4, -0.2) is 96.7 Å². The summed E-state index contributed by atoms with van der Waals surface area (Å²) >= 11 is 0. The number of aliphatic hydroxyl groups excluding tert-OH is 1. The maximum absolute atomic E-state index is 13.1. The SMILES string of the molecule is CCC(C)CCCCCCCCCCCCCCCCCCCCC(=O)OC[C@H](COP(=O)(O)OC[C@@H](O)COP(=O)(O)OC[C@@H](COC(=O)CCCCCCCCC(C)C)OC(=O)CCCCCCCCCCC(C)CC)OC(=O)CCCCCCCCCCCCC(C)CC. The number of unbranched alkanes of at least 4 members (excludes halogenated alkanes) is 38. The molecule has 5 unspecified atom stereocenters. The minimum atomic E-state index is -4.96. The largest absolute Gasteiger partial charge is 0.472 e. The topological polar surface area (TPSA) is 237 Å². The van der Waals surface area contributed by atoms with Crippen LogP contribution in [0.2, 0.25) is 0 Å². The Morgan fingerprint density at radius 1 is 0.289 bits per heavy atom. The average Bonchev–Trinajstić information content (AvgIpc) is 1.87. The number of ether oxygens (including phenoxy) is 4. The van der Waals surface area contributed by atoms with E-state index < -0.39 is 97.5 Å². The molecule has 0 heterocycles. The molecule has 0 amide bonds. The van der Waals surface area contributed by atoms with Crippen molar-refractivity contribution in [3.63, 3.8) is 0 Å². The Kier molecular flexibility index (Phi) is 65.9. The molecule has 0 aromatic carbocycles. The molecule has 0 spiro atoms. The number of aliphatic hydroxyl groups is 1. The fraction of sp³-hybridized carbons (Fsp3) is 0.949. The first kappa shape index (κ1) is 95.1. The minimum Gasteiger partial charge on any atom is -0.462 e. The molecule has 0 aromatic rings. The zero-order valence-electron chi connectivity index (χ0n) is 63.7. The molecule has 0 saturated carbocycles. The number of carbonyl (C=O) groups excluding carboxylic acids is 4. The molecule has 3 N–H and O–H groups in total. The summed E-state index contributed by atoms with van der Waals surface area (Å²) in [5.74, 6) is 1.00. The molecule has 8 atom stereocenters. The summed E-state index contributed by atoms with van der Waals surface area (Å²) in [6, 6.07) is 0. The molecule has 0 aliphatic rings. The third-order valence-corrected chi connectivity index (χ3v) is 21.1. The summed E-state index contributed by atoms with van der Waals surface area (Å²) in [6.45, 7) is 14.2. The van der Waals surface area contributed by atoms with Crippen LogP contribution in [0.1, 0.15) is 396 Å². The standard InChI is InChI=1S/C78H152O17P2/c1-9-69(6)55-47-39-30-24-20-18-16-14-12-13-15-17-19-21-26-33-42-50-58-75(80)88-64-73(94-77(82)60-52-44-34-27-23-22-25-31-40-48-56-70(7)10-2)66-92-96(84,85)90-62-72(79)63-91-97(86,87)93-67-74(65-89-76(81)59-51-43-37-36-38-46-54-68(4)5)95-78(83)61-53-45-35-29-28-32-41-49-57-71(8)11-3/h68-74,79H,9-67H2,1-8H3,(H,84,85)(H,86,87)/t69?,70?,71?,72-,73-,74-/m1/s1. The van der Waals surface area contributed by atoms with E-state index in [0.29, 0.717) is 31.6 Å².